The molecule has 2 nitrogen and oxygen atoms in total. The molecule has 0 aromatic heterocycles. The normalized spacial score (nSPS) is 13.4. The van der Waals surface area contributed by atoms with Crippen LogP contribution in [0.2, 0.25) is 31.4 Å². The fourth-order valence-electron chi connectivity index (χ4n) is 3.71. The first-order valence-electron chi connectivity index (χ1n) is 6.75. The SMILES string of the molecule is CC(C)[Si]([C](=[N+]=[N-])[Sn]([CH3])([CH3])[CH3])(C(C)C)C(C)C. The van der Waals surface area contributed by atoms with E-state index in [1.54, 1.807) is 0 Å². The molecule has 4 heteroatoms. The van der Waals surface area contributed by atoms with E-state index in [4.69, 9.17) is 0 Å². The summed E-state index contributed by atoms with van der Waals surface area (Å²) in [5, 5.41) is 0. The zero-order chi connectivity index (χ0) is 14.0. The predicted octanol–water partition coefficient (Wildman–Crippen LogP) is 4.75. The van der Waals surface area contributed by atoms with Crippen molar-refractivity contribution in [3.63, 3.8) is 0 Å². The molecule has 0 heterocycles. The molecule has 100 valence electrons. The van der Waals surface area contributed by atoms with Gasteiger partial charge in [0, 0.05) is 0 Å². The first-order valence-corrected chi connectivity index (χ1v) is 19.0. The number of nitrogens with zero attached hydrogens (tertiary/aromatic N) is 2. The monoisotopic (exact) mass is 362 g/mol. The second-order valence-corrected chi connectivity index (χ2v) is 28.5. The molecule has 0 bridgehead atoms. The maximum atomic E-state index is 9.62. The average molecular weight is 361 g/mol. The van der Waals surface area contributed by atoms with Crippen LogP contribution in [-0.4, -0.2) is 34.6 Å². The number of hydrogen-bond donors (Lipinski definition) is 0. The third-order valence-corrected chi connectivity index (χ3v) is 23.8. The van der Waals surface area contributed by atoms with E-state index in [2.05, 4.69) is 61.2 Å². The van der Waals surface area contributed by atoms with Crippen molar-refractivity contribution in [1.29, 1.82) is 0 Å². The zero-order valence-electron chi connectivity index (χ0n) is 13.1. The molecular weight excluding hydrogens is 331 g/mol. The van der Waals surface area contributed by atoms with Gasteiger partial charge in [0.05, 0.1) is 0 Å². The molecule has 0 N–H and O–H groups in total. The molecule has 0 aliphatic carbocycles. The van der Waals surface area contributed by atoms with E-state index in [1.165, 1.54) is 3.35 Å². The molecule has 0 aliphatic rings. The molecular formula is C13H30N2SiSn. The summed E-state index contributed by atoms with van der Waals surface area (Å²) < 4.78 is 1.28. The van der Waals surface area contributed by atoms with Crippen LogP contribution >= 0.6 is 0 Å². The zero-order valence-corrected chi connectivity index (χ0v) is 17.0. The first kappa shape index (κ1) is 17.4. The summed E-state index contributed by atoms with van der Waals surface area (Å²) in [5.74, 6) is 0. The van der Waals surface area contributed by atoms with Gasteiger partial charge in [-0.3, -0.25) is 0 Å². The van der Waals surface area contributed by atoms with Gasteiger partial charge < -0.3 is 0 Å². The van der Waals surface area contributed by atoms with E-state index in [0.717, 1.165) is 0 Å². The fourth-order valence-corrected chi connectivity index (χ4v) is 30.2. The molecule has 0 aromatic rings. The Balaban J connectivity index is 6.03. The van der Waals surface area contributed by atoms with Crippen LogP contribution in [0.15, 0.2) is 0 Å². The topological polar surface area (TPSA) is 36.4 Å². The van der Waals surface area contributed by atoms with Crippen LogP contribution in [0.1, 0.15) is 41.5 Å². The van der Waals surface area contributed by atoms with Crippen molar-refractivity contribution in [2.24, 2.45) is 0 Å². The summed E-state index contributed by atoms with van der Waals surface area (Å²) >= 11 is -2.32. The van der Waals surface area contributed by atoms with E-state index in [-0.39, 0.29) is 0 Å². The summed E-state index contributed by atoms with van der Waals surface area (Å²) in [4.78, 5) is 11.0. The molecule has 0 aromatic carbocycles. The molecule has 0 amide bonds. The third-order valence-electron chi connectivity index (χ3n) is 4.09. The number of rotatable bonds is 5. The molecule has 0 fully saturated rings. The van der Waals surface area contributed by atoms with Crippen LogP contribution in [0.4, 0.5) is 0 Å². The summed E-state index contributed by atoms with van der Waals surface area (Å²) in [6.07, 6.45) is 0. The average Bonchev–Trinajstić information content (AvgIpc) is 2.09. The Bertz CT molecular complexity index is 288. The van der Waals surface area contributed by atoms with Crippen molar-refractivity contribution in [2.75, 3.05) is 0 Å². The summed E-state index contributed by atoms with van der Waals surface area (Å²) in [7, 11) is -1.70. The van der Waals surface area contributed by atoms with Gasteiger partial charge in [-0.25, -0.2) is 0 Å². The van der Waals surface area contributed by atoms with Crippen molar-refractivity contribution in [3.8, 4) is 0 Å². The van der Waals surface area contributed by atoms with Gasteiger partial charge in [0.2, 0.25) is 0 Å². The van der Waals surface area contributed by atoms with Crippen LogP contribution < -0.4 is 0 Å². The van der Waals surface area contributed by atoms with Gasteiger partial charge in [-0.2, -0.15) is 0 Å². The fraction of sp³-hybridized carbons (Fsp3) is 0.923. The third kappa shape index (κ3) is 3.24. The first-order chi connectivity index (χ1) is 7.52. The van der Waals surface area contributed by atoms with Crippen molar-refractivity contribution in [3.05, 3.63) is 5.53 Å². The molecule has 0 spiro atoms. The molecule has 0 radical (unpaired) electrons. The minimum absolute atomic E-state index is 0.643. The standard InChI is InChI=1S/C10H21N2Si.3CH3.Sn/c1-8(2)13(7-12-11,9(3)4)10(5)6;;;;/h8-10H,1-6H3;3*1H3;. The van der Waals surface area contributed by atoms with Gasteiger partial charge in [0.15, 0.2) is 0 Å². The maximum absolute atomic E-state index is 9.62. The Morgan fingerprint density at radius 1 is 0.882 bits per heavy atom. The molecule has 0 aliphatic heterocycles. The van der Waals surface area contributed by atoms with Gasteiger partial charge in [0.25, 0.3) is 0 Å². The Labute approximate surface area is 113 Å². The molecule has 0 unspecified atom stereocenters. The van der Waals surface area contributed by atoms with Crippen LogP contribution in [0.5, 0.6) is 0 Å². The van der Waals surface area contributed by atoms with Crippen LogP contribution in [-0.2, 0) is 0 Å². The molecule has 17 heavy (non-hydrogen) atoms. The molecule has 0 rings (SSSR count). The van der Waals surface area contributed by atoms with E-state index in [0.29, 0.717) is 16.6 Å². The van der Waals surface area contributed by atoms with E-state index in [1.807, 2.05) is 0 Å². The van der Waals surface area contributed by atoms with Crippen LogP contribution in [0.3, 0.4) is 0 Å². The molecule has 0 saturated heterocycles. The van der Waals surface area contributed by atoms with Gasteiger partial charge in [0.1, 0.15) is 0 Å². The Hall–Kier alpha value is 0.396. The minimum atomic E-state index is -2.32. The summed E-state index contributed by atoms with van der Waals surface area (Å²) in [5.41, 5.74) is 11.5. The van der Waals surface area contributed by atoms with E-state index >= 15 is 0 Å². The van der Waals surface area contributed by atoms with Crippen molar-refractivity contribution in [1.82, 2.24) is 0 Å². The van der Waals surface area contributed by atoms with Gasteiger partial charge in [-0.1, -0.05) is 0 Å². The Morgan fingerprint density at radius 2 is 1.18 bits per heavy atom. The van der Waals surface area contributed by atoms with Gasteiger partial charge >= 0.3 is 113 Å². The quantitative estimate of drug-likeness (QED) is 0.293. The van der Waals surface area contributed by atoms with E-state index < -0.39 is 26.5 Å². The van der Waals surface area contributed by atoms with E-state index in [9.17, 15) is 5.53 Å². The number of hydrogen-bond acceptors (Lipinski definition) is 0. The molecule has 0 atom stereocenters. The second kappa shape index (κ2) is 6.03. The summed E-state index contributed by atoms with van der Waals surface area (Å²) in [6.45, 7) is 14.0. The molecule has 0 saturated carbocycles. The van der Waals surface area contributed by atoms with Crippen LogP contribution in [0.25, 0.3) is 5.53 Å². The summed E-state index contributed by atoms with van der Waals surface area (Å²) in [6, 6.07) is 0. The van der Waals surface area contributed by atoms with Crippen molar-refractivity contribution >= 4 is 29.8 Å². The predicted molar refractivity (Wildman–Crippen MR) is 83.0 cm³/mol. The second-order valence-electron chi connectivity index (χ2n) is 7.10. The Morgan fingerprint density at radius 3 is 1.24 bits per heavy atom. The van der Waals surface area contributed by atoms with Gasteiger partial charge in [-0.05, 0) is 0 Å². The Kier molecular flexibility index (Phi) is 6.17. The van der Waals surface area contributed by atoms with Crippen LogP contribution in [0, 0.1) is 0 Å². The van der Waals surface area contributed by atoms with Gasteiger partial charge in [-0.15, -0.1) is 0 Å². The van der Waals surface area contributed by atoms with Crippen molar-refractivity contribution in [2.45, 2.75) is 73.0 Å². The van der Waals surface area contributed by atoms with Crippen molar-refractivity contribution < 1.29 is 4.79 Å².